The molecule has 5 nitrogen and oxygen atoms in total. The van der Waals surface area contributed by atoms with E-state index in [0.717, 1.165) is 15.2 Å². The molecule has 0 aromatic heterocycles. The average molecular weight is 413 g/mol. The number of rotatable bonds is 4. The van der Waals surface area contributed by atoms with E-state index >= 15 is 0 Å². The van der Waals surface area contributed by atoms with E-state index in [1.807, 2.05) is 42.5 Å². The Morgan fingerprint density at radius 3 is 2.46 bits per heavy atom. The standard InChI is InChI=1S/C20H17BrN2O3/c1-13(26-18-8-4-7-17(21)12-18)19(24)22-23-20(25)16-10-9-14-5-2-3-6-15(14)11-16/h2-13H,1H3,(H,22,24)(H,23,25)/t13-/m0/s1. The topological polar surface area (TPSA) is 67.4 Å². The van der Waals surface area contributed by atoms with Crippen LogP contribution in [0.5, 0.6) is 5.75 Å². The van der Waals surface area contributed by atoms with E-state index in [9.17, 15) is 9.59 Å². The Bertz CT molecular complexity index is 958. The Kier molecular flexibility index (Phi) is 5.53. The maximum Gasteiger partial charge on any atom is 0.279 e. The largest absolute Gasteiger partial charge is 0.481 e. The highest BCUT2D eigenvalue weighted by Gasteiger charge is 2.16. The number of fused-ring (bicyclic) bond motifs is 1. The van der Waals surface area contributed by atoms with Gasteiger partial charge in [-0.1, -0.05) is 52.3 Å². The molecule has 1 atom stereocenters. The first-order valence-corrected chi connectivity index (χ1v) is 8.83. The average Bonchev–Trinajstić information content (AvgIpc) is 2.65. The van der Waals surface area contributed by atoms with Crippen molar-refractivity contribution in [1.29, 1.82) is 0 Å². The van der Waals surface area contributed by atoms with Gasteiger partial charge in [-0.3, -0.25) is 20.4 Å². The SMILES string of the molecule is C[C@H](Oc1cccc(Br)c1)C(=O)NNC(=O)c1ccc2ccccc2c1. The number of hydrogen-bond donors (Lipinski definition) is 2. The number of carbonyl (C=O) groups is 2. The van der Waals surface area contributed by atoms with Crippen LogP contribution in [0.3, 0.4) is 0 Å². The molecule has 0 radical (unpaired) electrons. The van der Waals surface area contributed by atoms with Gasteiger partial charge in [0.1, 0.15) is 5.75 Å². The third kappa shape index (κ3) is 4.40. The van der Waals surface area contributed by atoms with Crippen molar-refractivity contribution in [3.8, 4) is 5.75 Å². The Balaban J connectivity index is 1.58. The molecule has 0 unspecified atom stereocenters. The molecule has 26 heavy (non-hydrogen) atoms. The minimum Gasteiger partial charge on any atom is -0.481 e. The number of hydrogen-bond acceptors (Lipinski definition) is 3. The summed E-state index contributed by atoms with van der Waals surface area (Å²) in [6.07, 6.45) is -0.763. The summed E-state index contributed by atoms with van der Waals surface area (Å²) in [7, 11) is 0. The van der Waals surface area contributed by atoms with Crippen LogP contribution in [-0.4, -0.2) is 17.9 Å². The lowest BCUT2D eigenvalue weighted by Gasteiger charge is -2.15. The summed E-state index contributed by atoms with van der Waals surface area (Å²) >= 11 is 3.34. The molecule has 0 heterocycles. The Hall–Kier alpha value is -2.86. The summed E-state index contributed by atoms with van der Waals surface area (Å²) in [6.45, 7) is 1.61. The molecular weight excluding hydrogens is 396 g/mol. The van der Waals surface area contributed by atoms with Crippen LogP contribution in [0, 0.1) is 0 Å². The maximum atomic E-state index is 12.2. The van der Waals surface area contributed by atoms with Gasteiger partial charge in [0.25, 0.3) is 11.8 Å². The van der Waals surface area contributed by atoms with Crippen LogP contribution in [0.15, 0.2) is 71.2 Å². The predicted octanol–water partition coefficient (Wildman–Crippen LogP) is 3.83. The van der Waals surface area contributed by atoms with Crippen LogP contribution in [0.25, 0.3) is 10.8 Å². The Labute approximate surface area is 159 Å². The highest BCUT2D eigenvalue weighted by atomic mass is 79.9. The van der Waals surface area contributed by atoms with E-state index in [1.54, 1.807) is 31.2 Å². The third-order valence-electron chi connectivity index (χ3n) is 3.79. The van der Waals surface area contributed by atoms with Crippen LogP contribution in [0.2, 0.25) is 0 Å². The van der Waals surface area contributed by atoms with Crippen LogP contribution in [-0.2, 0) is 4.79 Å². The molecule has 0 aliphatic heterocycles. The molecule has 0 bridgehead atoms. The fraction of sp³-hybridized carbons (Fsp3) is 0.100. The van der Waals surface area contributed by atoms with Gasteiger partial charge in [0.15, 0.2) is 6.10 Å². The zero-order chi connectivity index (χ0) is 18.5. The summed E-state index contributed by atoms with van der Waals surface area (Å²) in [5, 5.41) is 2.00. The predicted molar refractivity (Wildman–Crippen MR) is 104 cm³/mol. The van der Waals surface area contributed by atoms with Crippen molar-refractivity contribution in [3.05, 3.63) is 76.8 Å². The van der Waals surface area contributed by atoms with Crippen LogP contribution >= 0.6 is 15.9 Å². The first kappa shape index (κ1) is 17.9. The van der Waals surface area contributed by atoms with E-state index in [2.05, 4.69) is 26.8 Å². The minimum atomic E-state index is -0.763. The molecule has 2 amide bonds. The summed E-state index contributed by atoms with van der Waals surface area (Å²) < 4.78 is 6.41. The lowest BCUT2D eigenvalue weighted by Crippen LogP contribution is -2.47. The number of halogens is 1. The van der Waals surface area contributed by atoms with Crippen LogP contribution < -0.4 is 15.6 Å². The second kappa shape index (κ2) is 8.01. The van der Waals surface area contributed by atoms with Gasteiger partial charge >= 0.3 is 0 Å². The molecule has 0 fully saturated rings. The molecule has 132 valence electrons. The van der Waals surface area contributed by atoms with Crippen molar-refractivity contribution in [3.63, 3.8) is 0 Å². The first-order valence-electron chi connectivity index (χ1n) is 8.04. The highest BCUT2D eigenvalue weighted by Crippen LogP contribution is 2.19. The Morgan fingerprint density at radius 2 is 1.69 bits per heavy atom. The minimum absolute atomic E-state index is 0.390. The smallest absolute Gasteiger partial charge is 0.279 e. The molecule has 0 aliphatic rings. The van der Waals surface area contributed by atoms with Crippen molar-refractivity contribution < 1.29 is 14.3 Å². The normalized spacial score (nSPS) is 11.6. The summed E-state index contributed by atoms with van der Waals surface area (Å²) in [6, 6.07) is 20.3. The summed E-state index contributed by atoms with van der Waals surface area (Å²) in [5.74, 6) is -0.277. The van der Waals surface area contributed by atoms with Gasteiger partial charge in [0.2, 0.25) is 0 Å². The number of nitrogens with one attached hydrogen (secondary N) is 2. The summed E-state index contributed by atoms with van der Waals surface area (Å²) in [5.41, 5.74) is 5.26. The number of amides is 2. The molecule has 6 heteroatoms. The molecule has 3 aromatic carbocycles. The van der Waals surface area contributed by atoms with E-state index < -0.39 is 17.9 Å². The fourth-order valence-electron chi connectivity index (χ4n) is 2.42. The highest BCUT2D eigenvalue weighted by molar-refractivity contribution is 9.10. The quantitative estimate of drug-likeness (QED) is 0.639. The maximum absolute atomic E-state index is 12.2. The summed E-state index contributed by atoms with van der Waals surface area (Å²) in [4.78, 5) is 24.4. The van der Waals surface area contributed by atoms with Crippen molar-refractivity contribution in [1.82, 2.24) is 10.9 Å². The fourth-order valence-corrected chi connectivity index (χ4v) is 2.80. The number of carbonyl (C=O) groups excluding carboxylic acids is 2. The van der Waals surface area contributed by atoms with Crippen molar-refractivity contribution >= 4 is 38.5 Å². The van der Waals surface area contributed by atoms with E-state index in [4.69, 9.17) is 4.74 Å². The molecule has 0 saturated carbocycles. The monoisotopic (exact) mass is 412 g/mol. The van der Waals surface area contributed by atoms with Gasteiger partial charge in [-0.2, -0.15) is 0 Å². The van der Waals surface area contributed by atoms with Gasteiger partial charge in [-0.25, -0.2) is 0 Å². The lowest BCUT2D eigenvalue weighted by molar-refractivity contribution is -0.128. The van der Waals surface area contributed by atoms with Gasteiger partial charge in [-0.05, 0) is 48.0 Å². The number of hydrazine groups is 1. The van der Waals surface area contributed by atoms with Gasteiger partial charge in [0, 0.05) is 10.0 Å². The molecular formula is C20H17BrN2O3. The molecule has 3 aromatic rings. The molecule has 0 saturated heterocycles. The lowest BCUT2D eigenvalue weighted by atomic mass is 10.1. The zero-order valence-corrected chi connectivity index (χ0v) is 15.6. The number of benzene rings is 3. The zero-order valence-electron chi connectivity index (χ0n) is 14.0. The van der Waals surface area contributed by atoms with Gasteiger partial charge in [-0.15, -0.1) is 0 Å². The van der Waals surface area contributed by atoms with Crippen molar-refractivity contribution in [2.75, 3.05) is 0 Å². The Morgan fingerprint density at radius 1 is 0.923 bits per heavy atom. The van der Waals surface area contributed by atoms with Crippen LogP contribution in [0.1, 0.15) is 17.3 Å². The van der Waals surface area contributed by atoms with Gasteiger partial charge < -0.3 is 4.74 Å². The van der Waals surface area contributed by atoms with Crippen molar-refractivity contribution in [2.45, 2.75) is 13.0 Å². The molecule has 2 N–H and O–H groups in total. The van der Waals surface area contributed by atoms with E-state index in [-0.39, 0.29) is 0 Å². The number of ether oxygens (including phenoxy) is 1. The second-order valence-corrected chi connectivity index (χ2v) is 6.64. The second-order valence-electron chi connectivity index (χ2n) is 5.72. The third-order valence-corrected chi connectivity index (χ3v) is 4.28. The van der Waals surface area contributed by atoms with E-state index in [0.29, 0.717) is 11.3 Å². The van der Waals surface area contributed by atoms with Crippen LogP contribution in [0.4, 0.5) is 0 Å². The van der Waals surface area contributed by atoms with Crippen molar-refractivity contribution in [2.24, 2.45) is 0 Å². The molecule has 0 spiro atoms. The van der Waals surface area contributed by atoms with Gasteiger partial charge in [0.05, 0.1) is 0 Å². The molecule has 3 rings (SSSR count). The first-order chi connectivity index (χ1) is 12.5. The molecule has 0 aliphatic carbocycles. The van der Waals surface area contributed by atoms with E-state index in [1.165, 1.54) is 0 Å².